The molecule has 1 saturated heterocycles. The fourth-order valence-corrected chi connectivity index (χ4v) is 3.43. The highest BCUT2D eigenvalue weighted by molar-refractivity contribution is 5.83. The van der Waals surface area contributed by atoms with E-state index in [4.69, 9.17) is 4.74 Å². The van der Waals surface area contributed by atoms with Crippen molar-refractivity contribution in [2.24, 2.45) is 11.3 Å². The predicted octanol–water partition coefficient (Wildman–Crippen LogP) is 3.28. The van der Waals surface area contributed by atoms with E-state index < -0.39 is 17.2 Å². The van der Waals surface area contributed by atoms with Crippen LogP contribution in [0, 0.1) is 11.3 Å². The number of piperidine rings is 1. The van der Waals surface area contributed by atoms with Crippen LogP contribution in [-0.2, 0) is 9.53 Å². The van der Waals surface area contributed by atoms with Crippen LogP contribution in [0.1, 0.15) is 59.8 Å². The van der Waals surface area contributed by atoms with E-state index in [1.54, 1.807) is 4.90 Å². The molecule has 1 heterocycles. The first kappa shape index (κ1) is 19.0. The van der Waals surface area contributed by atoms with Gasteiger partial charge in [-0.2, -0.15) is 0 Å². The van der Waals surface area contributed by atoms with Crippen molar-refractivity contribution in [1.82, 2.24) is 10.2 Å². The number of halogens is 1. The van der Waals surface area contributed by atoms with Crippen molar-refractivity contribution in [3.63, 3.8) is 0 Å². The summed E-state index contributed by atoms with van der Waals surface area (Å²) in [7, 11) is 0. The summed E-state index contributed by atoms with van der Waals surface area (Å²) in [6.45, 7) is 9.20. The highest BCUT2D eigenvalue weighted by Crippen LogP contribution is 2.36. The minimum atomic E-state index is -0.691. The lowest BCUT2D eigenvalue weighted by Crippen LogP contribution is -2.51. The molecule has 138 valence electrons. The molecule has 0 unspecified atom stereocenters. The first-order chi connectivity index (χ1) is 11.1. The Morgan fingerprint density at radius 1 is 1.25 bits per heavy atom. The van der Waals surface area contributed by atoms with Gasteiger partial charge in [0.25, 0.3) is 0 Å². The van der Waals surface area contributed by atoms with E-state index >= 15 is 0 Å². The molecule has 2 fully saturated rings. The largest absolute Gasteiger partial charge is 0.444 e. The zero-order valence-corrected chi connectivity index (χ0v) is 15.4. The number of alkyl halides is 1. The molecule has 0 aromatic heterocycles. The van der Waals surface area contributed by atoms with Gasteiger partial charge in [0.1, 0.15) is 11.8 Å². The topological polar surface area (TPSA) is 58.6 Å². The average molecular weight is 342 g/mol. The Bertz CT molecular complexity index is 461. The summed E-state index contributed by atoms with van der Waals surface area (Å²) in [5.41, 5.74) is -0.928. The zero-order valence-electron chi connectivity index (χ0n) is 15.4. The summed E-state index contributed by atoms with van der Waals surface area (Å²) in [4.78, 5) is 26.5. The molecular formula is C18H31FN2O3. The van der Waals surface area contributed by atoms with E-state index in [-0.39, 0.29) is 17.9 Å². The number of carbonyl (C=O) groups excluding carboxylic acids is 2. The number of carbonyl (C=O) groups is 2. The standard InChI is InChI=1S/C18H31FN2O3/c1-5-18(15(22)20-12-13-10-14(19)11-13)6-8-21(9-7-18)16(23)24-17(2,3)4/h13-14H,5-12H2,1-4H3,(H,20,22)/t13-,14+. The highest BCUT2D eigenvalue weighted by Gasteiger charge is 2.42. The molecule has 0 radical (unpaired) electrons. The number of ether oxygens (including phenoxy) is 1. The highest BCUT2D eigenvalue weighted by atomic mass is 19.1. The quantitative estimate of drug-likeness (QED) is 0.853. The third-order valence-corrected chi connectivity index (χ3v) is 5.26. The summed E-state index contributed by atoms with van der Waals surface area (Å²) < 4.78 is 18.3. The molecule has 0 aromatic carbocycles. The number of likely N-dealkylation sites (tertiary alicyclic amines) is 1. The molecule has 1 N–H and O–H groups in total. The Morgan fingerprint density at radius 2 is 1.83 bits per heavy atom. The van der Waals surface area contributed by atoms with Crippen LogP contribution in [0.5, 0.6) is 0 Å². The van der Waals surface area contributed by atoms with Crippen LogP contribution in [0.15, 0.2) is 0 Å². The molecule has 0 bridgehead atoms. The molecule has 1 aliphatic carbocycles. The number of amides is 2. The maximum absolute atomic E-state index is 12.9. The maximum atomic E-state index is 12.9. The fourth-order valence-electron chi connectivity index (χ4n) is 3.43. The second kappa shape index (κ2) is 7.28. The van der Waals surface area contributed by atoms with Gasteiger partial charge in [0, 0.05) is 19.6 Å². The molecule has 0 spiro atoms. The first-order valence-electron chi connectivity index (χ1n) is 9.05. The Balaban J connectivity index is 1.83. The van der Waals surface area contributed by atoms with E-state index in [2.05, 4.69) is 5.32 Å². The van der Waals surface area contributed by atoms with Crippen molar-refractivity contribution in [2.75, 3.05) is 19.6 Å². The third-order valence-electron chi connectivity index (χ3n) is 5.26. The summed E-state index contributed by atoms with van der Waals surface area (Å²) in [5.74, 6) is 0.329. The number of nitrogens with one attached hydrogen (secondary N) is 1. The minimum absolute atomic E-state index is 0.0520. The van der Waals surface area contributed by atoms with E-state index in [1.807, 2.05) is 27.7 Å². The number of hydrogen-bond donors (Lipinski definition) is 1. The Hall–Kier alpha value is -1.33. The van der Waals surface area contributed by atoms with E-state index in [1.165, 1.54) is 0 Å². The molecule has 2 amide bonds. The van der Waals surface area contributed by atoms with Gasteiger partial charge in [-0.1, -0.05) is 6.92 Å². The van der Waals surface area contributed by atoms with Crippen LogP contribution in [0.3, 0.4) is 0 Å². The first-order valence-corrected chi connectivity index (χ1v) is 9.05. The predicted molar refractivity (Wildman–Crippen MR) is 90.4 cm³/mol. The molecule has 1 aliphatic heterocycles. The van der Waals surface area contributed by atoms with E-state index in [0.717, 1.165) is 6.42 Å². The maximum Gasteiger partial charge on any atom is 0.410 e. The molecule has 1 saturated carbocycles. The van der Waals surface area contributed by atoms with Crippen molar-refractivity contribution >= 4 is 12.0 Å². The van der Waals surface area contributed by atoms with Crippen LogP contribution in [0.2, 0.25) is 0 Å². The normalized spacial score (nSPS) is 26.5. The van der Waals surface area contributed by atoms with E-state index in [0.29, 0.717) is 45.3 Å². The van der Waals surface area contributed by atoms with Crippen LogP contribution in [0.25, 0.3) is 0 Å². The number of hydrogen-bond acceptors (Lipinski definition) is 3. The monoisotopic (exact) mass is 342 g/mol. The van der Waals surface area contributed by atoms with Gasteiger partial charge >= 0.3 is 6.09 Å². The minimum Gasteiger partial charge on any atom is -0.444 e. The molecule has 24 heavy (non-hydrogen) atoms. The molecular weight excluding hydrogens is 311 g/mol. The summed E-state index contributed by atoms with van der Waals surface area (Å²) in [6.07, 6.45) is 2.16. The molecule has 2 rings (SSSR count). The second-order valence-electron chi connectivity index (χ2n) is 8.25. The molecule has 0 atom stereocenters. The Kier molecular flexibility index (Phi) is 5.76. The molecule has 2 aliphatic rings. The van der Waals surface area contributed by atoms with Gasteiger partial charge in [0.2, 0.25) is 5.91 Å². The molecule has 6 heteroatoms. The fraction of sp³-hybridized carbons (Fsp3) is 0.889. The summed E-state index contributed by atoms with van der Waals surface area (Å²) in [6, 6.07) is 0. The van der Waals surface area contributed by atoms with Gasteiger partial charge in [-0.05, 0) is 58.8 Å². The smallest absolute Gasteiger partial charge is 0.410 e. The average Bonchev–Trinajstić information content (AvgIpc) is 2.48. The van der Waals surface area contributed by atoms with Crippen LogP contribution < -0.4 is 5.32 Å². The van der Waals surface area contributed by atoms with Crippen molar-refractivity contribution in [1.29, 1.82) is 0 Å². The van der Waals surface area contributed by atoms with Gasteiger partial charge in [0.05, 0.1) is 5.41 Å². The SMILES string of the molecule is CCC1(C(=O)NC[C@H]2C[C@@H](F)C2)CCN(C(=O)OC(C)(C)C)CC1. The number of nitrogens with zero attached hydrogens (tertiary/aromatic N) is 1. The third kappa shape index (κ3) is 4.61. The Morgan fingerprint density at radius 3 is 2.29 bits per heavy atom. The second-order valence-corrected chi connectivity index (χ2v) is 8.25. The van der Waals surface area contributed by atoms with Crippen LogP contribution in [0.4, 0.5) is 9.18 Å². The number of rotatable bonds is 4. The van der Waals surface area contributed by atoms with Crippen molar-refractivity contribution in [3.8, 4) is 0 Å². The summed E-state index contributed by atoms with van der Waals surface area (Å²) >= 11 is 0. The van der Waals surface area contributed by atoms with Gasteiger partial charge in [-0.15, -0.1) is 0 Å². The van der Waals surface area contributed by atoms with Crippen LogP contribution >= 0.6 is 0 Å². The zero-order chi connectivity index (χ0) is 18.0. The van der Waals surface area contributed by atoms with E-state index in [9.17, 15) is 14.0 Å². The lowest BCUT2D eigenvalue weighted by molar-refractivity contribution is -0.134. The van der Waals surface area contributed by atoms with Gasteiger partial charge < -0.3 is 15.0 Å². The van der Waals surface area contributed by atoms with Crippen molar-refractivity contribution in [3.05, 3.63) is 0 Å². The lowest BCUT2D eigenvalue weighted by atomic mass is 9.75. The lowest BCUT2D eigenvalue weighted by Gasteiger charge is -2.41. The van der Waals surface area contributed by atoms with Crippen molar-refractivity contribution < 1.29 is 18.7 Å². The van der Waals surface area contributed by atoms with Gasteiger partial charge in [0.15, 0.2) is 0 Å². The van der Waals surface area contributed by atoms with Crippen LogP contribution in [-0.4, -0.2) is 48.3 Å². The summed E-state index contributed by atoms with van der Waals surface area (Å²) in [5, 5.41) is 3.01. The molecule has 0 aromatic rings. The Labute approximate surface area is 144 Å². The van der Waals surface area contributed by atoms with Gasteiger partial charge in [-0.3, -0.25) is 4.79 Å². The van der Waals surface area contributed by atoms with Crippen molar-refractivity contribution in [2.45, 2.75) is 71.6 Å². The molecule has 5 nitrogen and oxygen atoms in total. The van der Waals surface area contributed by atoms with Gasteiger partial charge in [-0.25, -0.2) is 9.18 Å².